The number of aromatic hydroxyl groups is 1. The largest absolute Gasteiger partial charge is 0.507 e. The molecule has 0 heterocycles. The van der Waals surface area contributed by atoms with Crippen LogP contribution in [0, 0.1) is 10.1 Å². The van der Waals surface area contributed by atoms with Crippen molar-refractivity contribution < 1.29 is 14.8 Å². The lowest BCUT2D eigenvalue weighted by atomic mass is 10.0. The van der Waals surface area contributed by atoms with Crippen LogP contribution >= 0.6 is 11.6 Å². The number of hydrogen-bond donors (Lipinski definition) is 2. The van der Waals surface area contributed by atoms with Gasteiger partial charge in [-0.05, 0) is 36.4 Å². The molecule has 0 aliphatic rings. The number of hydrogen-bond acceptors (Lipinski definition) is 5. The molecule has 7 heteroatoms. The maximum atomic E-state index is 12.5. The van der Waals surface area contributed by atoms with Gasteiger partial charge in [-0.1, -0.05) is 35.9 Å². The minimum absolute atomic E-state index is 0.0713. The molecule has 3 aromatic carbocycles. The molecule has 0 aliphatic carbocycles. The lowest BCUT2D eigenvalue weighted by Crippen LogP contribution is -2.03. The quantitative estimate of drug-likeness (QED) is 0.378. The Bertz CT molecular complexity index is 1000. The minimum Gasteiger partial charge on any atom is -0.507 e. The standard InChI is InChI=1S/C19H13ClN2O4/c20-15-11-12(21-16-6-2-3-7-17(16)22(25)26)9-10-13(15)19(24)14-5-1-4-8-18(14)23/h1-11,21,23H. The van der Waals surface area contributed by atoms with Crippen molar-refractivity contribution in [3.05, 3.63) is 93.0 Å². The number of nitrogens with zero attached hydrogens (tertiary/aromatic N) is 1. The molecule has 3 aromatic rings. The van der Waals surface area contributed by atoms with Crippen LogP contribution in [-0.2, 0) is 0 Å². The van der Waals surface area contributed by atoms with E-state index < -0.39 is 10.7 Å². The number of benzene rings is 3. The lowest BCUT2D eigenvalue weighted by molar-refractivity contribution is -0.383. The molecule has 0 unspecified atom stereocenters. The van der Waals surface area contributed by atoms with Gasteiger partial charge in [0.2, 0.25) is 0 Å². The summed E-state index contributed by atoms with van der Waals surface area (Å²) >= 11 is 6.22. The van der Waals surface area contributed by atoms with Crippen LogP contribution < -0.4 is 5.32 Å². The number of carbonyl (C=O) groups excluding carboxylic acids is 1. The first-order valence-corrected chi connectivity index (χ1v) is 7.98. The van der Waals surface area contributed by atoms with E-state index in [0.29, 0.717) is 11.4 Å². The topological polar surface area (TPSA) is 92.5 Å². The van der Waals surface area contributed by atoms with Crippen molar-refractivity contribution >= 4 is 34.4 Å². The van der Waals surface area contributed by atoms with Crippen molar-refractivity contribution in [3.8, 4) is 5.75 Å². The highest BCUT2D eigenvalue weighted by Gasteiger charge is 2.17. The molecule has 2 N–H and O–H groups in total. The predicted octanol–water partition coefficient (Wildman–Crippen LogP) is 4.93. The van der Waals surface area contributed by atoms with Gasteiger partial charge < -0.3 is 10.4 Å². The summed E-state index contributed by atoms with van der Waals surface area (Å²) in [5, 5.41) is 24.0. The molecule has 0 amide bonds. The van der Waals surface area contributed by atoms with Crippen LogP contribution in [0.1, 0.15) is 15.9 Å². The molecule has 0 radical (unpaired) electrons. The monoisotopic (exact) mass is 368 g/mol. The number of ketones is 1. The number of nitrogens with one attached hydrogen (secondary N) is 1. The van der Waals surface area contributed by atoms with Gasteiger partial charge in [0.15, 0.2) is 5.78 Å². The fourth-order valence-corrected chi connectivity index (χ4v) is 2.75. The van der Waals surface area contributed by atoms with Gasteiger partial charge in [-0.25, -0.2) is 0 Å². The van der Waals surface area contributed by atoms with Gasteiger partial charge in [0.05, 0.1) is 15.5 Å². The number of rotatable bonds is 5. The Kier molecular flexibility index (Phi) is 4.86. The number of nitro groups is 1. The SMILES string of the molecule is O=C(c1ccccc1O)c1ccc(Nc2ccccc2[N+](=O)[O-])cc1Cl. The summed E-state index contributed by atoms with van der Waals surface area (Å²) in [4.78, 5) is 23.1. The van der Waals surface area contributed by atoms with Crippen LogP contribution in [0.25, 0.3) is 0 Å². The third kappa shape index (κ3) is 3.50. The number of halogens is 1. The zero-order valence-electron chi connectivity index (χ0n) is 13.3. The van der Waals surface area contributed by atoms with E-state index >= 15 is 0 Å². The molecule has 0 saturated heterocycles. The first-order chi connectivity index (χ1) is 12.5. The fraction of sp³-hybridized carbons (Fsp3) is 0. The average Bonchev–Trinajstić information content (AvgIpc) is 2.62. The Morgan fingerprint density at radius 2 is 1.69 bits per heavy atom. The molecule has 130 valence electrons. The van der Waals surface area contributed by atoms with E-state index in [2.05, 4.69) is 5.32 Å². The van der Waals surface area contributed by atoms with Gasteiger partial charge in [0.25, 0.3) is 5.69 Å². The van der Waals surface area contributed by atoms with Crippen molar-refractivity contribution in [1.29, 1.82) is 0 Å². The Labute approximate surface area is 153 Å². The van der Waals surface area contributed by atoms with Crippen molar-refractivity contribution in [1.82, 2.24) is 0 Å². The smallest absolute Gasteiger partial charge is 0.292 e. The molecule has 0 saturated carbocycles. The van der Waals surface area contributed by atoms with E-state index in [4.69, 9.17) is 11.6 Å². The van der Waals surface area contributed by atoms with Crippen LogP contribution in [0.5, 0.6) is 5.75 Å². The first kappa shape index (κ1) is 17.4. The molecule has 0 atom stereocenters. The van der Waals surface area contributed by atoms with Crippen LogP contribution in [0.4, 0.5) is 17.1 Å². The van der Waals surface area contributed by atoms with Gasteiger partial charge in [-0.3, -0.25) is 14.9 Å². The molecule has 0 bridgehead atoms. The minimum atomic E-state index is -0.486. The number of anilines is 2. The van der Waals surface area contributed by atoms with Gasteiger partial charge in [0.1, 0.15) is 11.4 Å². The first-order valence-electron chi connectivity index (χ1n) is 7.60. The molecule has 0 spiro atoms. The van der Waals surface area contributed by atoms with Crippen molar-refractivity contribution in [3.63, 3.8) is 0 Å². The Balaban J connectivity index is 1.90. The van der Waals surface area contributed by atoms with Crippen LogP contribution in [0.3, 0.4) is 0 Å². The average molecular weight is 369 g/mol. The highest BCUT2D eigenvalue weighted by Crippen LogP contribution is 2.30. The number of carbonyl (C=O) groups is 1. The maximum Gasteiger partial charge on any atom is 0.292 e. The van der Waals surface area contributed by atoms with E-state index in [1.54, 1.807) is 36.4 Å². The third-order valence-electron chi connectivity index (χ3n) is 3.74. The van der Waals surface area contributed by atoms with Gasteiger partial charge in [-0.15, -0.1) is 0 Å². The molecule has 0 fully saturated rings. The summed E-state index contributed by atoms with van der Waals surface area (Å²) in [6.45, 7) is 0. The fourth-order valence-electron chi connectivity index (χ4n) is 2.48. The van der Waals surface area contributed by atoms with E-state index in [-0.39, 0.29) is 27.6 Å². The lowest BCUT2D eigenvalue weighted by Gasteiger charge is -2.10. The second-order valence-corrected chi connectivity index (χ2v) is 5.85. The Morgan fingerprint density at radius 1 is 1.00 bits per heavy atom. The second-order valence-electron chi connectivity index (χ2n) is 5.44. The number of phenols is 1. The zero-order chi connectivity index (χ0) is 18.7. The number of nitro benzene ring substituents is 1. The van der Waals surface area contributed by atoms with E-state index in [1.807, 2.05) is 0 Å². The summed E-state index contributed by atoms with van der Waals surface area (Å²) in [5.74, 6) is -0.541. The summed E-state index contributed by atoms with van der Waals surface area (Å²) in [6.07, 6.45) is 0. The zero-order valence-corrected chi connectivity index (χ0v) is 14.1. The number of para-hydroxylation sites is 3. The van der Waals surface area contributed by atoms with Crippen LogP contribution in [0.15, 0.2) is 66.7 Å². The highest BCUT2D eigenvalue weighted by molar-refractivity contribution is 6.35. The van der Waals surface area contributed by atoms with Gasteiger partial charge in [0, 0.05) is 17.3 Å². The number of phenolic OH excluding ortho intramolecular Hbond substituents is 1. The summed E-state index contributed by atoms with van der Waals surface area (Å²) in [6, 6.07) is 17.0. The molecular weight excluding hydrogens is 356 g/mol. The van der Waals surface area contributed by atoms with Crippen molar-refractivity contribution in [2.24, 2.45) is 0 Å². The molecule has 0 aliphatic heterocycles. The van der Waals surface area contributed by atoms with E-state index in [0.717, 1.165) is 0 Å². The molecule has 26 heavy (non-hydrogen) atoms. The Hall–Kier alpha value is -3.38. The van der Waals surface area contributed by atoms with Crippen LogP contribution in [0.2, 0.25) is 5.02 Å². The van der Waals surface area contributed by atoms with Gasteiger partial charge >= 0.3 is 0 Å². The molecule has 3 rings (SSSR count). The van der Waals surface area contributed by atoms with Crippen molar-refractivity contribution in [2.45, 2.75) is 0 Å². The van der Waals surface area contributed by atoms with Crippen molar-refractivity contribution in [2.75, 3.05) is 5.32 Å². The predicted molar refractivity (Wildman–Crippen MR) is 99.4 cm³/mol. The maximum absolute atomic E-state index is 12.5. The van der Waals surface area contributed by atoms with E-state index in [9.17, 15) is 20.0 Å². The third-order valence-corrected chi connectivity index (χ3v) is 4.05. The normalized spacial score (nSPS) is 10.3. The molecular formula is C19H13ClN2O4. The molecule has 6 nitrogen and oxygen atoms in total. The summed E-state index contributed by atoms with van der Waals surface area (Å²) in [7, 11) is 0. The van der Waals surface area contributed by atoms with Gasteiger partial charge in [-0.2, -0.15) is 0 Å². The summed E-state index contributed by atoms with van der Waals surface area (Å²) in [5.41, 5.74) is 1.11. The second kappa shape index (κ2) is 7.25. The summed E-state index contributed by atoms with van der Waals surface area (Å²) < 4.78 is 0. The molecule has 0 aromatic heterocycles. The van der Waals surface area contributed by atoms with E-state index in [1.165, 1.54) is 30.3 Å². The Morgan fingerprint density at radius 3 is 2.38 bits per heavy atom. The van der Waals surface area contributed by atoms with Crippen LogP contribution in [-0.4, -0.2) is 15.8 Å². The highest BCUT2D eigenvalue weighted by atomic mass is 35.5.